The highest BCUT2D eigenvalue weighted by molar-refractivity contribution is 5.91. The Morgan fingerprint density at radius 2 is 2.24 bits per heavy atom. The van der Waals surface area contributed by atoms with Crippen molar-refractivity contribution in [2.45, 2.75) is 26.9 Å². The zero-order valence-electron chi connectivity index (χ0n) is 12.5. The lowest BCUT2D eigenvalue weighted by molar-refractivity contribution is 0.0601. The first kappa shape index (κ1) is 14.9. The lowest BCUT2D eigenvalue weighted by atomic mass is 10.1. The first-order valence-electron chi connectivity index (χ1n) is 6.79. The highest BCUT2D eigenvalue weighted by Gasteiger charge is 2.10. The highest BCUT2D eigenvalue weighted by atomic mass is 16.5. The number of carbonyl (C=O) groups excluding carboxylic acids is 1. The maximum atomic E-state index is 11.6. The molecule has 1 aromatic carbocycles. The molecule has 21 heavy (non-hydrogen) atoms. The lowest BCUT2D eigenvalue weighted by Crippen LogP contribution is -2.10. The molecular formula is C15H20N4O2. The topological polar surface area (TPSA) is 82.2 Å². The second kappa shape index (κ2) is 6.30. The van der Waals surface area contributed by atoms with Crippen LogP contribution >= 0.6 is 0 Å². The number of aromatic nitrogens is 2. The van der Waals surface area contributed by atoms with Gasteiger partial charge in [-0.15, -0.1) is 0 Å². The highest BCUT2D eigenvalue weighted by Crippen LogP contribution is 2.21. The fourth-order valence-electron chi connectivity index (χ4n) is 2.23. The summed E-state index contributed by atoms with van der Waals surface area (Å²) in [6, 6.07) is 5.03. The monoisotopic (exact) mass is 288 g/mol. The molecule has 1 aromatic heterocycles. The molecule has 2 rings (SSSR count). The molecule has 1 heterocycles. The number of anilines is 2. The Morgan fingerprint density at radius 1 is 1.48 bits per heavy atom. The third kappa shape index (κ3) is 3.16. The predicted octanol–water partition coefficient (Wildman–Crippen LogP) is 2.19. The van der Waals surface area contributed by atoms with E-state index in [0.717, 1.165) is 18.1 Å². The van der Waals surface area contributed by atoms with Gasteiger partial charge in [-0.25, -0.2) is 9.78 Å². The molecule has 3 N–H and O–H groups in total. The average molecular weight is 288 g/mol. The van der Waals surface area contributed by atoms with E-state index < -0.39 is 0 Å². The quantitative estimate of drug-likeness (QED) is 0.651. The first-order valence-corrected chi connectivity index (χ1v) is 6.79. The van der Waals surface area contributed by atoms with Crippen LogP contribution in [0.1, 0.15) is 28.8 Å². The predicted molar refractivity (Wildman–Crippen MR) is 82.2 cm³/mol. The number of aryl methyl sites for hydroxylation is 1. The Morgan fingerprint density at radius 3 is 2.90 bits per heavy atom. The van der Waals surface area contributed by atoms with Crippen LogP contribution in [-0.2, 0) is 17.8 Å². The van der Waals surface area contributed by atoms with Crippen LogP contribution in [0.2, 0.25) is 0 Å². The number of carbonyl (C=O) groups is 1. The minimum absolute atomic E-state index is 0.382. The average Bonchev–Trinajstić information content (AvgIpc) is 2.85. The summed E-state index contributed by atoms with van der Waals surface area (Å²) >= 11 is 0. The summed E-state index contributed by atoms with van der Waals surface area (Å²) in [5.74, 6) is 0.595. The van der Waals surface area contributed by atoms with E-state index in [-0.39, 0.29) is 5.97 Å². The third-order valence-electron chi connectivity index (χ3n) is 3.39. The van der Waals surface area contributed by atoms with Crippen LogP contribution in [0, 0.1) is 6.92 Å². The maximum absolute atomic E-state index is 11.6. The van der Waals surface area contributed by atoms with Crippen molar-refractivity contribution in [2.24, 2.45) is 0 Å². The summed E-state index contributed by atoms with van der Waals surface area (Å²) < 4.78 is 6.83. The Hall–Kier alpha value is -2.50. The molecule has 0 unspecified atom stereocenters. The van der Waals surface area contributed by atoms with Gasteiger partial charge in [-0.3, -0.25) is 0 Å². The Bertz CT molecular complexity index is 649. The molecule has 0 aliphatic heterocycles. The Labute approximate surface area is 123 Å². The number of benzene rings is 1. The second-order valence-corrected chi connectivity index (χ2v) is 4.69. The molecule has 0 bridgehead atoms. The minimum Gasteiger partial charge on any atom is -0.465 e. The molecule has 0 aliphatic carbocycles. The van der Waals surface area contributed by atoms with E-state index in [2.05, 4.69) is 21.8 Å². The Balaban J connectivity index is 2.17. The second-order valence-electron chi connectivity index (χ2n) is 4.69. The molecule has 112 valence electrons. The van der Waals surface area contributed by atoms with Crippen molar-refractivity contribution in [3.05, 3.63) is 41.5 Å². The first-order chi connectivity index (χ1) is 10.1. The standard InChI is InChI=1S/C15H20N4O2/c1-4-19-10(2)17-8-12(19)9-18-14-7-11(15(20)21-3)5-6-13(14)16/h5-8,18H,4,9,16H2,1-3H3. The van der Waals surface area contributed by atoms with E-state index >= 15 is 0 Å². The molecule has 0 fully saturated rings. The number of hydrogen-bond acceptors (Lipinski definition) is 5. The van der Waals surface area contributed by atoms with E-state index in [1.807, 2.05) is 13.1 Å². The van der Waals surface area contributed by atoms with Crippen LogP contribution in [0.3, 0.4) is 0 Å². The molecule has 0 saturated carbocycles. The summed E-state index contributed by atoms with van der Waals surface area (Å²) in [4.78, 5) is 15.8. The Kier molecular flexibility index (Phi) is 4.47. The van der Waals surface area contributed by atoms with Gasteiger partial charge >= 0.3 is 5.97 Å². The molecule has 2 aromatic rings. The number of hydrogen-bond donors (Lipinski definition) is 2. The fourth-order valence-corrected chi connectivity index (χ4v) is 2.23. The van der Waals surface area contributed by atoms with E-state index in [1.54, 1.807) is 18.2 Å². The number of nitrogens with one attached hydrogen (secondary N) is 1. The summed E-state index contributed by atoms with van der Waals surface area (Å²) in [6.45, 7) is 5.49. The van der Waals surface area contributed by atoms with Crippen LogP contribution in [0.4, 0.5) is 11.4 Å². The zero-order chi connectivity index (χ0) is 15.4. The van der Waals surface area contributed by atoms with Gasteiger partial charge in [-0.1, -0.05) is 0 Å². The van der Waals surface area contributed by atoms with Gasteiger partial charge in [0.2, 0.25) is 0 Å². The molecule has 0 radical (unpaired) electrons. The van der Waals surface area contributed by atoms with Gasteiger partial charge in [0.25, 0.3) is 0 Å². The van der Waals surface area contributed by atoms with Crippen LogP contribution < -0.4 is 11.1 Å². The molecule has 0 amide bonds. The van der Waals surface area contributed by atoms with Crippen molar-refractivity contribution in [1.82, 2.24) is 9.55 Å². The van der Waals surface area contributed by atoms with Crippen molar-refractivity contribution >= 4 is 17.3 Å². The van der Waals surface area contributed by atoms with Crippen molar-refractivity contribution in [3.8, 4) is 0 Å². The minimum atomic E-state index is -0.382. The summed E-state index contributed by atoms with van der Waals surface area (Å²) in [5, 5.41) is 3.24. The van der Waals surface area contributed by atoms with E-state index in [1.165, 1.54) is 7.11 Å². The van der Waals surface area contributed by atoms with Gasteiger partial charge in [-0.2, -0.15) is 0 Å². The van der Waals surface area contributed by atoms with Gasteiger partial charge in [0, 0.05) is 6.54 Å². The SMILES string of the molecule is CCn1c(CNc2cc(C(=O)OC)ccc2N)cnc1C. The molecule has 0 spiro atoms. The number of esters is 1. The van der Waals surface area contributed by atoms with E-state index in [9.17, 15) is 4.79 Å². The lowest BCUT2D eigenvalue weighted by Gasteiger charge is -2.12. The molecule has 0 atom stereocenters. The number of nitrogens with two attached hydrogens (primary N) is 1. The van der Waals surface area contributed by atoms with Gasteiger partial charge in [0.1, 0.15) is 5.82 Å². The maximum Gasteiger partial charge on any atom is 0.337 e. The summed E-state index contributed by atoms with van der Waals surface area (Å²) in [7, 11) is 1.36. The number of nitrogens with zero attached hydrogens (tertiary/aromatic N) is 2. The van der Waals surface area contributed by atoms with Crippen molar-refractivity contribution < 1.29 is 9.53 Å². The molecule has 0 aliphatic rings. The van der Waals surface area contributed by atoms with Crippen molar-refractivity contribution in [2.75, 3.05) is 18.2 Å². The number of nitrogen functional groups attached to an aromatic ring is 1. The number of imidazole rings is 1. The fraction of sp³-hybridized carbons (Fsp3) is 0.333. The number of ether oxygens (including phenoxy) is 1. The molecule has 0 saturated heterocycles. The van der Waals surface area contributed by atoms with Crippen LogP contribution in [0.25, 0.3) is 0 Å². The zero-order valence-corrected chi connectivity index (χ0v) is 12.5. The van der Waals surface area contributed by atoms with E-state index in [0.29, 0.717) is 23.5 Å². The van der Waals surface area contributed by atoms with Crippen molar-refractivity contribution in [3.63, 3.8) is 0 Å². The van der Waals surface area contributed by atoms with Gasteiger partial charge in [-0.05, 0) is 32.0 Å². The van der Waals surface area contributed by atoms with Crippen LogP contribution in [0.5, 0.6) is 0 Å². The van der Waals surface area contributed by atoms with Gasteiger partial charge in [0.05, 0.1) is 42.5 Å². The molecular weight excluding hydrogens is 268 g/mol. The molecule has 6 heteroatoms. The molecule has 6 nitrogen and oxygen atoms in total. The number of rotatable bonds is 5. The normalized spacial score (nSPS) is 10.4. The van der Waals surface area contributed by atoms with Crippen molar-refractivity contribution in [1.29, 1.82) is 0 Å². The third-order valence-corrected chi connectivity index (χ3v) is 3.39. The van der Waals surface area contributed by atoms with Crippen LogP contribution in [-0.4, -0.2) is 22.6 Å². The largest absolute Gasteiger partial charge is 0.465 e. The summed E-state index contributed by atoms with van der Waals surface area (Å²) in [6.07, 6.45) is 1.84. The summed E-state index contributed by atoms with van der Waals surface area (Å²) in [5.41, 5.74) is 8.76. The van der Waals surface area contributed by atoms with Crippen LogP contribution in [0.15, 0.2) is 24.4 Å². The van der Waals surface area contributed by atoms with Gasteiger partial charge < -0.3 is 20.4 Å². The number of methoxy groups -OCH3 is 1. The van der Waals surface area contributed by atoms with Gasteiger partial charge in [0.15, 0.2) is 0 Å². The smallest absolute Gasteiger partial charge is 0.337 e. The van der Waals surface area contributed by atoms with E-state index in [4.69, 9.17) is 10.5 Å².